The van der Waals surface area contributed by atoms with Crippen LogP contribution in [0.1, 0.15) is 376 Å². The molecule has 0 fully saturated rings. The van der Waals surface area contributed by atoms with Gasteiger partial charge in [0.05, 0.1) is 26.4 Å². The Balaban J connectivity index is 5.23. The summed E-state index contributed by atoms with van der Waals surface area (Å²) in [6.45, 7) is 11.8. The summed E-state index contributed by atoms with van der Waals surface area (Å²) in [5.41, 5.74) is 0. The molecule has 0 aliphatic carbocycles. The molecule has 0 bridgehead atoms. The molecule has 0 rings (SSSR count). The summed E-state index contributed by atoms with van der Waals surface area (Å²) in [5, 5.41) is 10.6. The average Bonchev–Trinajstić information content (AvgIpc) is 1.08. The van der Waals surface area contributed by atoms with Gasteiger partial charge in [0.25, 0.3) is 0 Å². The summed E-state index contributed by atoms with van der Waals surface area (Å²) in [6.07, 6.45) is 57.9. The molecular weight excluding hydrogens is 1270 g/mol. The zero-order valence-electron chi connectivity index (χ0n) is 63.0. The van der Waals surface area contributed by atoms with Crippen molar-refractivity contribution >= 4 is 39.5 Å². The van der Waals surface area contributed by atoms with E-state index in [1.807, 2.05) is 0 Å². The second-order valence-electron chi connectivity index (χ2n) is 28.1. The lowest BCUT2D eigenvalue weighted by molar-refractivity contribution is -0.161. The number of phosphoric ester groups is 2. The molecule has 0 aromatic rings. The first-order valence-electron chi connectivity index (χ1n) is 39.8. The number of ether oxygens (including phenoxy) is 4. The van der Waals surface area contributed by atoms with Gasteiger partial charge in [-0.15, -0.1) is 0 Å². The van der Waals surface area contributed by atoms with Gasteiger partial charge in [0.2, 0.25) is 0 Å². The minimum atomic E-state index is -4.97. The van der Waals surface area contributed by atoms with Crippen LogP contribution in [-0.4, -0.2) is 96.7 Å². The number of aliphatic hydroxyl groups excluding tert-OH is 1. The third-order valence-corrected chi connectivity index (χ3v) is 20.5. The molecule has 0 aliphatic heterocycles. The maximum Gasteiger partial charge on any atom is 0.472 e. The SMILES string of the molecule is CCCCCC/C=C\C=C/CCCCCCCC(=O)OC[C@H](COP(=O)(O)OC[C@@H](O)COP(=O)(O)OC[C@@H](COC(=O)CCCCCCCCC(C)CC)OC(=O)CCCCCCCCC(C)CC)OC(=O)CCCCCCCCCCCCCCCCCCCCC(C)CC. The lowest BCUT2D eigenvalue weighted by Crippen LogP contribution is -2.30. The number of phosphoric acid groups is 2. The van der Waals surface area contributed by atoms with Gasteiger partial charge in [0, 0.05) is 25.7 Å². The van der Waals surface area contributed by atoms with Crippen LogP contribution >= 0.6 is 15.6 Å². The van der Waals surface area contributed by atoms with Gasteiger partial charge in [-0.2, -0.15) is 0 Å². The van der Waals surface area contributed by atoms with Gasteiger partial charge in [-0.3, -0.25) is 37.3 Å². The Bertz CT molecular complexity index is 1990. The Kier molecular flexibility index (Phi) is 66.3. The van der Waals surface area contributed by atoms with Gasteiger partial charge in [0.15, 0.2) is 12.2 Å². The molecule has 0 aliphatic rings. The van der Waals surface area contributed by atoms with Crippen LogP contribution < -0.4 is 0 Å². The van der Waals surface area contributed by atoms with Crippen molar-refractivity contribution in [3.8, 4) is 0 Å². The Labute approximate surface area is 592 Å². The molecule has 0 spiro atoms. The van der Waals surface area contributed by atoms with Gasteiger partial charge in [-0.1, -0.05) is 323 Å². The standard InChI is InChI=1S/C78H148O17P2/c1-8-12-13-14-15-16-17-18-23-27-30-33-36-45-52-59-75(80)88-65-73(94-77(82)61-54-47-37-34-31-28-25-22-20-19-21-24-26-29-32-35-42-49-56-69(5)9-2)67-92-96(84,85)90-63-72(79)64-91-97(86,87)93-68-74(95-78(83)62-55-48-41-39-44-51-58-71(7)11-4)66-89-76(81)60-53-46-40-38-43-50-57-70(6)10-3/h16-18,23,69-74,79H,8-15,19-22,24-68H2,1-7H3,(H,84,85)(H,86,87)/b17-16-,23-18-/t69?,70?,71?,72-,73-,74-/m1/s1. The first-order chi connectivity index (χ1) is 46.8. The molecule has 19 heteroatoms. The number of carbonyl (C=O) groups is 4. The Morgan fingerprint density at radius 2 is 0.577 bits per heavy atom. The van der Waals surface area contributed by atoms with E-state index in [1.165, 1.54) is 161 Å². The number of allylic oxidation sites excluding steroid dienone is 4. The molecule has 0 saturated heterocycles. The molecule has 8 atom stereocenters. The van der Waals surface area contributed by atoms with Crippen molar-refractivity contribution in [1.82, 2.24) is 0 Å². The predicted octanol–water partition coefficient (Wildman–Crippen LogP) is 22.5. The minimum Gasteiger partial charge on any atom is -0.462 e. The highest BCUT2D eigenvalue weighted by molar-refractivity contribution is 7.47. The Morgan fingerprint density at radius 3 is 0.866 bits per heavy atom. The summed E-state index contributed by atoms with van der Waals surface area (Å²) in [6, 6.07) is 0. The molecule has 0 amide bonds. The van der Waals surface area contributed by atoms with Crippen LogP contribution in [-0.2, 0) is 65.4 Å². The second kappa shape index (κ2) is 68.0. The number of esters is 4. The first kappa shape index (κ1) is 94.5. The van der Waals surface area contributed by atoms with Gasteiger partial charge in [-0.05, 0) is 69.1 Å². The van der Waals surface area contributed by atoms with Gasteiger partial charge in [-0.25, -0.2) is 9.13 Å². The highest BCUT2D eigenvalue weighted by Crippen LogP contribution is 2.45. The normalized spacial score (nSPS) is 15.0. The Hall–Kier alpha value is -2.46. The summed E-state index contributed by atoms with van der Waals surface area (Å²) in [5.74, 6) is 0.165. The molecule has 17 nitrogen and oxygen atoms in total. The van der Waals surface area contributed by atoms with Crippen LogP contribution in [0.3, 0.4) is 0 Å². The molecule has 0 aromatic heterocycles. The molecule has 3 N–H and O–H groups in total. The lowest BCUT2D eigenvalue weighted by Gasteiger charge is -2.21. The van der Waals surface area contributed by atoms with E-state index in [0.29, 0.717) is 25.7 Å². The summed E-state index contributed by atoms with van der Waals surface area (Å²) in [4.78, 5) is 72.8. The van der Waals surface area contributed by atoms with Gasteiger partial charge < -0.3 is 33.8 Å². The number of unbranched alkanes of at least 4 members (excludes halogenated alkanes) is 36. The van der Waals surface area contributed by atoms with Crippen molar-refractivity contribution in [3.05, 3.63) is 24.3 Å². The van der Waals surface area contributed by atoms with Crippen molar-refractivity contribution in [2.24, 2.45) is 17.8 Å². The van der Waals surface area contributed by atoms with Gasteiger partial charge >= 0.3 is 39.5 Å². The minimum absolute atomic E-state index is 0.0997. The summed E-state index contributed by atoms with van der Waals surface area (Å²) >= 11 is 0. The highest BCUT2D eigenvalue weighted by Gasteiger charge is 2.30. The van der Waals surface area contributed by atoms with E-state index in [0.717, 1.165) is 133 Å². The van der Waals surface area contributed by atoms with E-state index in [4.69, 9.17) is 37.0 Å². The molecule has 0 radical (unpaired) electrons. The fourth-order valence-corrected chi connectivity index (χ4v) is 12.9. The molecular formula is C78H148O17P2. The van der Waals surface area contributed by atoms with Crippen LogP contribution in [0, 0.1) is 17.8 Å². The fraction of sp³-hybridized carbons (Fsp3) is 0.897. The van der Waals surface area contributed by atoms with E-state index in [1.54, 1.807) is 0 Å². The van der Waals surface area contributed by atoms with Gasteiger partial charge in [0.1, 0.15) is 19.3 Å². The van der Waals surface area contributed by atoms with E-state index in [9.17, 15) is 43.2 Å². The average molecular weight is 1420 g/mol. The van der Waals surface area contributed by atoms with Crippen molar-refractivity contribution in [2.45, 2.75) is 394 Å². The monoisotopic (exact) mass is 1420 g/mol. The Morgan fingerprint density at radius 1 is 0.330 bits per heavy atom. The number of aliphatic hydroxyl groups is 1. The fourth-order valence-electron chi connectivity index (χ4n) is 11.3. The zero-order valence-corrected chi connectivity index (χ0v) is 64.8. The topological polar surface area (TPSA) is 237 Å². The van der Waals surface area contributed by atoms with Crippen LogP contribution in [0.2, 0.25) is 0 Å². The maximum absolute atomic E-state index is 13.1. The number of hydrogen-bond acceptors (Lipinski definition) is 15. The number of rotatable bonds is 74. The largest absolute Gasteiger partial charge is 0.472 e. The van der Waals surface area contributed by atoms with E-state index >= 15 is 0 Å². The predicted molar refractivity (Wildman–Crippen MR) is 395 cm³/mol. The zero-order chi connectivity index (χ0) is 71.6. The van der Waals surface area contributed by atoms with E-state index < -0.39 is 97.5 Å². The molecule has 0 saturated carbocycles. The van der Waals surface area contributed by atoms with Crippen LogP contribution in [0.15, 0.2) is 24.3 Å². The third kappa shape index (κ3) is 67.8. The van der Waals surface area contributed by atoms with Crippen LogP contribution in [0.4, 0.5) is 0 Å². The van der Waals surface area contributed by atoms with E-state index in [-0.39, 0.29) is 25.7 Å². The summed E-state index contributed by atoms with van der Waals surface area (Å²) < 4.78 is 68.5. The number of carbonyl (C=O) groups excluding carboxylic acids is 4. The molecule has 0 aromatic carbocycles. The van der Waals surface area contributed by atoms with Crippen molar-refractivity contribution in [3.63, 3.8) is 0 Å². The third-order valence-electron chi connectivity index (χ3n) is 18.6. The molecule has 0 heterocycles. The summed E-state index contributed by atoms with van der Waals surface area (Å²) in [7, 11) is -9.92. The van der Waals surface area contributed by atoms with Crippen LogP contribution in [0.5, 0.6) is 0 Å². The molecule has 572 valence electrons. The molecule has 5 unspecified atom stereocenters. The van der Waals surface area contributed by atoms with Crippen molar-refractivity contribution in [1.29, 1.82) is 0 Å². The van der Waals surface area contributed by atoms with Crippen LogP contribution in [0.25, 0.3) is 0 Å². The maximum atomic E-state index is 13.1. The quantitative estimate of drug-likeness (QED) is 0.0169. The number of hydrogen-bond donors (Lipinski definition) is 3. The second-order valence-corrected chi connectivity index (χ2v) is 31.0. The van der Waals surface area contributed by atoms with Crippen molar-refractivity contribution < 1.29 is 80.2 Å². The highest BCUT2D eigenvalue weighted by atomic mass is 31.2. The van der Waals surface area contributed by atoms with Crippen molar-refractivity contribution in [2.75, 3.05) is 39.6 Å². The smallest absolute Gasteiger partial charge is 0.462 e. The molecule has 97 heavy (non-hydrogen) atoms. The van der Waals surface area contributed by atoms with E-state index in [2.05, 4.69) is 72.8 Å². The lowest BCUT2D eigenvalue weighted by atomic mass is 9.99. The first-order valence-corrected chi connectivity index (χ1v) is 42.8.